The van der Waals surface area contributed by atoms with E-state index >= 15 is 0 Å². The predicted molar refractivity (Wildman–Crippen MR) is 34.3 cm³/mol. The molecule has 1 aromatic heterocycles. The van der Waals surface area contributed by atoms with Gasteiger partial charge in [0.15, 0.2) is 5.89 Å². The molecule has 4 nitrogen and oxygen atoms in total. The van der Waals surface area contributed by atoms with E-state index in [1.165, 1.54) is 6.92 Å². The van der Waals surface area contributed by atoms with Crippen LogP contribution in [-0.2, 0) is 9.05 Å². The van der Waals surface area contributed by atoms with Gasteiger partial charge in [0, 0.05) is 17.6 Å². The van der Waals surface area contributed by atoms with Gasteiger partial charge in [-0.2, -0.15) is 0 Å². The normalized spacial score (nSPS) is 11.8. The first-order valence-corrected chi connectivity index (χ1v) is 4.68. The van der Waals surface area contributed by atoms with Crippen molar-refractivity contribution >= 4 is 19.7 Å². The second-order valence-corrected chi connectivity index (χ2v) is 4.13. The van der Waals surface area contributed by atoms with E-state index in [1.807, 2.05) is 0 Å². The van der Waals surface area contributed by atoms with Crippen molar-refractivity contribution in [1.29, 1.82) is 0 Å². The summed E-state index contributed by atoms with van der Waals surface area (Å²) in [6.07, 6.45) is 1.07. The minimum Gasteiger partial charge on any atom is -0.428 e. The highest BCUT2D eigenvalue weighted by atomic mass is 35.7. The van der Waals surface area contributed by atoms with Crippen molar-refractivity contribution in [2.24, 2.45) is 0 Å². The van der Waals surface area contributed by atoms with Crippen LogP contribution in [0.25, 0.3) is 0 Å². The summed E-state index contributed by atoms with van der Waals surface area (Å²) in [6, 6.07) is 0. The van der Waals surface area contributed by atoms with E-state index < -0.39 is 9.05 Å². The Kier molecular flexibility index (Phi) is 1.70. The number of aromatic nitrogens is 1. The van der Waals surface area contributed by atoms with Gasteiger partial charge < -0.3 is 4.42 Å². The summed E-state index contributed by atoms with van der Waals surface area (Å²) in [6.45, 7) is 1.53. The lowest BCUT2D eigenvalue weighted by atomic mass is 10.8. The van der Waals surface area contributed by atoms with E-state index in [-0.39, 0.29) is 11.0 Å². The highest BCUT2D eigenvalue weighted by Crippen LogP contribution is 2.14. The van der Waals surface area contributed by atoms with Crippen molar-refractivity contribution < 1.29 is 12.8 Å². The number of hydrogen-bond acceptors (Lipinski definition) is 4. The summed E-state index contributed by atoms with van der Waals surface area (Å²) in [5.74, 6) is 0.277. The molecule has 0 unspecified atom stereocenters. The zero-order valence-corrected chi connectivity index (χ0v) is 6.61. The second kappa shape index (κ2) is 2.25. The van der Waals surface area contributed by atoms with E-state index in [4.69, 9.17) is 10.7 Å². The average Bonchev–Trinajstić information content (AvgIpc) is 2.11. The molecule has 1 heterocycles. The third-order valence-electron chi connectivity index (χ3n) is 0.840. The number of rotatable bonds is 1. The summed E-state index contributed by atoms with van der Waals surface area (Å²) < 4.78 is 25.6. The lowest BCUT2D eigenvalue weighted by Crippen LogP contribution is -1.85. The third-order valence-corrected chi connectivity index (χ3v) is 1.97. The molecule has 0 aliphatic heterocycles. The Hall–Kier alpha value is -0.550. The number of hydrogen-bond donors (Lipinski definition) is 0. The topological polar surface area (TPSA) is 60.2 Å². The fourth-order valence-corrected chi connectivity index (χ4v) is 1.07. The molecule has 0 bridgehead atoms. The molecule has 1 aromatic rings. The zero-order chi connectivity index (χ0) is 7.78. The van der Waals surface area contributed by atoms with Crippen LogP contribution in [0.2, 0.25) is 0 Å². The summed E-state index contributed by atoms with van der Waals surface area (Å²) in [7, 11) is 1.17. The van der Waals surface area contributed by atoms with Crippen LogP contribution in [0.4, 0.5) is 0 Å². The highest BCUT2D eigenvalue weighted by Gasteiger charge is 2.14. The lowest BCUT2D eigenvalue weighted by Gasteiger charge is -1.83. The van der Waals surface area contributed by atoms with Gasteiger partial charge in [-0.3, -0.25) is 0 Å². The van der Waals surface area contributed by atoms with Gasteiger partial charge in [-0.1, -0.05) is 0 Å². The quantitative estimate of drug-likeness (QED) is 0.605. The van der Waals surface area contributed by atoms with Crippen molar-refractivity contribution in [2.45, 2.75) is 12.0 Å². The van der Waals surface area contributed by atoms with Crippen LogP contribution in [0.5, 0.6) is 0 Å². The maximum absolute atomic E-state index is 10.5. The van der Waals surface area contributed by atoms with Crippen molar-refractivity contribution in [2.75, 3.05) is 0 Å². The fourth-order valence-electron chi connectivity index (χ4n) is 0.455. The maximum atomic E-state index is 10.5. The Morgan fingerprint density at radius 3 is 2.50 bits per heavy atom. The zero-order valence-electron chi connectivity index (χ0n) is 5.04. The summed E-state index contributed by atoms with van der Waals surface area (Å²) in [5.41, 5.74) is 0. The number of oxazole rings is 1. The van der Waals surface area contributed by atoms with E-state index in [0.717, 1.165) is 6.20 Å². The minimum atomic E-state index is -3.74. The molecule has 0 spiro atoms. The van der Waals surface area contributed by atoms with Gasteiger partial charge in [0.1, 0.15) is 0 Å². The average molecular weight is 182 g/mol. The number of nitrogens with zero attached hydrogens (tertiary/aromatic N) is 1. The van der Waals surface area contributed by atoms with Crippen LogP contribution in [0.3, 0.4) is 0 Å². The first-order chi connectivity index (χ1) is 4.50. The molecule has 0 aliphatic rings. The molecule has 0 amide bonds. The largest absolute Gasteiger partial charge is 0.428 e. The molecule has 0 fully saturated rings. The SMILES string of the molecule is Cc1ncc(S(=O)(=O)Cl)o1. The van der Waals surface area contributed by atoms with Gasteiger partial charge >= 0.3 is 0 Å². The molecule has 0 atom stereocenters. The second-order valence-electron chi connectivity index (χ2n) is 1.64. The predicted octanol–water partition coefficient (Wildman–Crippen LogP) is 0.911. The van der Waals surface area contributed by atoms with Crippen LogP contribution in [-0.4, -0.2) is 13.4 Å². The molecular formula is C4H4ClNO3S. The standard InChI is InChI=1S/C4H4ClNO3S/c1-3-6-2-4(9-3)10(5,7)8/h2H,1H3. The number of aryl methyl sites for hydroxylation is 1. The van der Waals surface area contributed by atoms with Crippen LogP contribution in [0, 0.1) is 6.92 Å². The maximum Gasteiger partial charge on any atom is 0.296 e. The van der Waals surface area contributed by atoms with E-state index in [9.17, 15) is 8.42 Å². The van der Waals surface area contributed by atoms with E-state index in [0.29, 0.717) is 0 Å². The van der Waals surface area contributed by atoms with Gasteiger partial charge in [0.05, 0.1) is 6.20 Å². The van der Waals surface area contributed by atoms with E-state index in [1.54, 1.807) is 0 Å². The first kappa shape index (κ1) is 7.56. The van der Waals surface area contributed by atoms with Crippen molar-refractivity contribution in [3.05, 3.63) is 12.1 Å². The van der Waals surface area contributed by atoms with Crippen LogP contribution < -0.4 is 0 Å². The molecule has 0 saturated heterocycles. The number of halogens is 1. The molecule has 1 rings (SSSR count). The molecule has 6 heteroatoms. The van der Waals surface area contributed by atoms with Gasteiger partial charge in [0.25, 0.3) is 14.1 Å². The molecule has 56 valence electrons. The van der Waals surface area contributed by atoms with Crippen LogP contribution in [0.1, 0.15) is 5.89 Å². The first-order valence-electron chi connectivity index (χ1n) is 2.37. The van der Waals surface area contributed by atoms with Gasteiger partial charge in [-0.15, -0.1) is 0 Å². The van der Waals surface area contributed by atoms with Crippen LogP contribution in [0.15, 0.2) is 15.7 Å². The summed E-state index contributed by atoms with van der Waals surface area (Å²) in [4.78, 5) is 3.55. The van der Waals surface area contributed by atoms with Gasteiger partial charge in [0.2, 0.25) is 0 Å². The van der Waals surface area contributed by atoms with Crippen LogP contribution >= 0.6 is 10.7 Å². The molecule has 0 radical (unpaired) electrons. The smallest absolute Gasteiger partial charge is 0.296 e. The molecular weight excluding hydrogens is 178 g/mol. The monoisotopic (exact) mass is 181 g/mol. The summed E-state index contributed by atoms with van der Waals surface area (Å²) in [5, 5.41) is -0.313. The van der Waals surface area contributed by atoms with Gasteiger partial charge in [-0.05, 0) is 0 Å². The Balaban J connectivity index is 3.21. The minimum absolute atomic E-state index is 0.277. The molecule has 0 N–H and O–H groups in total. The molecule has 0 aliphatic carbocycles. The molecule has 0 aromatic carbocycles. The van der Waals surface area contributed by atoms with E-state index in [2.05, 4.69) is 9.40 Å². The molecule has 0 saturated carbocycles. The third kappa shape index (κ3) is 1.48. The van der Waals surface area contributed by atoms with Crippen molar-refractivity contribution in [1.82, 2.24) is 4.98 Å². The fraction of sp³-hybridized carbons (Fsp3) is 0.250. The Morgan fingerprint density at radius 2 is 2.30 bits per heavy atom. The van der Waals surface area contributed by atoms with Gasteiger partial charge in [-0.25, -0.2) is 13.4 Å². The Morgan fingerprint density at radius 1 is 1.70 bits per heavy atom. The Labute approximate surface area is 62.2 Å². The Bertz CT molecular complexity index is 328. The highest BCUT2D eigenvalue weighted by molar-refractivity contribution is 8.13. The summed E-state index contributed by atoms with van der Waals surface area (Å²) >= 11 is 0. The lowest BCUT2D eigenvalue weighted by molar-refractivity contribution is 0.427. The molecule has 10 heavy (non-hydrogen) atoms. The van der Waals surface area contributed by atoms with Crippen molar-refractivity contribution in [3.8, 4) is 0 Å². The van der Waals surface area contributed by atoms with Crippen molar-refractivity contribution in [3.63, 3.8) is 0 Å².